The van der Waals surface area contributed by atoms with Crippen molar-refractivity contribution in [1.29, 1.82) is 0 Å². The fraction of sp³-hybridized carbons (Fsp3) is 0.500. The zero-order chi connectivity index (χ0) is 9.98. The van der Waals surface area contributed by atoms with E-state index < -0.39 is 25.2 Å². The average molecular weight is 280 g/mol. The molecule has 0 aromatic rings. The van der Waals surface area contributed by atoms with Crippen molar-refractivity contribution >= 4 is 11.9 Å². The van der Waals surface area contributed by atoms with Gasteiger partial charge in [0.15, 0.2) is 0 Å². The summed E-state index contributed by atoms with van der Waals surface area (Å²) in [6.45, 7) is -1.08. The Kier molecular flexibility index (Phi) is 45.3. The molecule has 0 saturated carbocycles. The second-order valence-electron chi connectivity index (χ2n) is 1.36. The van der Waals surface area contributed by atoms with E-state index in [4.69, 9.17) is 22.0 Å². The summed E-state index contributed by atoms with van der Waals surface area (Å²) in [6, 6.07) is 0. The molecule has 0 aliphatic carbocycles. The zero-order valence-corrected chi connectivity index (χ0v) is 8.18. The standard InChI is InChI=1S/2C2H4NO3.Cu.2H2O/c2*3-6-1-2(4)5;;;/h2*3H,1H2,(H,4,5);;2*1H2/q2*-1;+2;;. The van der Waals surface area contributed by atoms with Crippen LogP contribution >= 0.6 is 0 Å². The van der Waals surface area contributed by atoms with Crippen LogP contribution in [0.25, 0.3) is 11.8 Å². The van der Waals surface area contributed by atoms with Crippen LogP contribution < -0.4 is 0 Å². The van der Waals surface area contributed by atoms with Gasteiger partial charge in [-0.05, 0) is 0 Å². The van der Waals surface area contributed by atoms with Crippen LogP contribution in [0.4, 0.5) is 0 Å². The molecule has 0 aliphatic heterocycles. The van der Waals surface area contributed by atoms with Gasteiger partial charge in [0.25, 0.3) is 0 Å². The van der Waals surface area contributed by atoms with Gasteiger partial charge < -0.3 is 42.6 Å². The summed E-state index contributed by atoms with van der Waals surface area (Å²) in [5.41, 5.74) is 0. The van der Waals surface area contributed by atoms with Gasteiger partial charge in [-0.3, -0.25) is 0 Å². The SMILES string of the molecule is O.O.[Cu+2].[NH-]OCC(=O)O.[NH-]OCC(=O)O. The Balaban J connectivity index is -0.0000000370. The van der Waals surface area contributed by atoms with E-state index in [1.165, 1.54) is 0 Å². The van der Waals surface area contributed by atoms with Crippen LogP contribution in [0.5, 0.6) is 0 Å². The second kappa shape index (κ2) is 23.2. The maximum absolute atomic E-state index is 9.35. The van der Waals surface area contributed by atoms with E-state index in [-0.39, 0.29) is 28.0 Å². The third kappa shape index (κ3) is 61.1. The summed E-state index contributed by atoms with van der Waals surface area (Å²) in [4.78, 5) is 25.6. The first-order chi connectivity index (χ1) is 5.54. The van der Waals surface area contributed by atoms with E-state index in [0.29, 0.717) is 0 Å². The molecule has 0 spiro atoms. The van der Waals surface area contributed by atoms with Crippen LogP contribution in [-0.2, 0) is 36.3 Å². The van der Waals surface area contributed by atoms with Crippen LogP contribution in [0.15, 0.2) is 0 Å². The number of carbonyl (C=O) groups is 2. The van der Waals surface area contributed by atoms with Crippen molar-refractivity contribution in [3.05, 3.63) is 11.8 Å². The predicted molar refractivity (Wildman–Crippen MR) is 43.0 cm³/mol. The van der Waals surface area contributed by atoms with Crippen LogP contribution in [0.2, 0.25) is 0 Å². The molecule has 11 heteroatoms. The van der Waals surface area contributed by atoms with E-state index in [2.05, 4.69) is 9.68 Å². The number of rotatable bonds is 4. The molecular formula is C4H12CuN2O8. The Bertz CT molecular complexity index is 129. The summed E-state index contributed by atoms with van der Waals surface area (Å²) >= 11 is 0. The Morgan fingerprint density at radius 2 is 1.13 bits per heavy atom. The topological polar surface area (TPSA) is 204 Å². The van der Waals surface area contributed by atoms with E-state index in [9.17, 15) is 9.59 Å². The number of hydrogen-bond acceptors (Lipinski definition) is 4. The summed E-state index contributed by atoms with van der Waals surface area (Å²) in [7, 11) is 0. The molecule has 0 saturated heterocycles. The average Bonchev–Trinajstić information content (AvgIpc) is 1.87. The first-order valence-electron chi connectivity index (χ1n) is 2.55. The second-order valence-corrected chi connectivity index (χ2v) is 1.36. The fourth-order valence-electron chi connectivity index (χ4n) is 0.123. The van der Waals surface area contributed by atoms with Gasteiger partial charge in [-0.15, -0.1) is 0 Å². The van der Waals surface area contributed by atoms with Crippen LogP contribution in [0.3, 0.4) is 0 Å². The molecule has 0 rings (SSSR count). The molecule has 0 amide bonds. The zero-order valence-electron chi connectivity index (χ0n) is 7.24. The molecule has 10 nitrogen and oxygen atoms in total. The molecule has 0 fully saturated rings. The van der Waals surface area contributed by atoms with Crippen molar-refractivity contribution in [2.45, 2.75) is 0 Å². The Hall–Kier alpha value is -0.781. The molecule has 0 atom stereocenters. The normalized spacial score (nSPS) is 6.53. The largest absolute Gasteiger partial charge is 2.00 e. The number of aliphatic carboxylic acids is 2. The molecule has 0 unspecified atom stereocenters. The van der Waals surface area contributed by atoms with E-state index in [1.54, 1.807) is 0 Å². The molecule has 0 heterocycles. The minimum atomic E-state index is -1.12. The monoisotopic (exact) mass is 279 g/mol. The number of carboxylic acids is 2. The van der Waals surface area contributed by atoms with Crippen molar-refractivity contribution in [1.82, 2.24) is 0 Å². The molecule has 0 aromatic heterocycles. The third-order valence-corrected chi connectivity index (χ3v) is 0.391. The van der Waals surface area contributed by atoms with Crippen molar-refractivity contribution < 1.29 is 57.5 Å². The summed E-state index contributed by atoms with van der Waals surface area (Å²) in [5, 5.41) is 15.3. The van der Waals surface area contributed by atoms with Gasteiger partial charge in [0.1, 0.15) is 13.2 Å². The molecule has 97 valence electrons. The smallest absolute Gasteiger partial charge is 0.549 e. The van der Waals surface area contributed by atoms with Crippen molar-refractivity contribution in [2.24, 2.45) is 0 Å². The molecule has 1 radical (unpaired) electrons. The fourth-order valence-corrected chi connectivity index (χ4v) is 0.123. The van der Waals surface area contributed by atoms with Gasteiger partial charge in [-0.25, -0.2) is 9.59 Å². The maximum atomic E-state index is 9.35. The molecular weight excluding hydrogens is 268 g/mol. The number of hydrogen-bond donors (Lipinski definition) is 2. The minimum absolute atomic E-state index is 0. The summed E-state index contributed by atoms with van der Waals surface area (Å²) in [6.07, 6.45) is 0. The first-order valence-corrected chi connectivity index (χ1v) is 2.55. The van der Waals surface area contributed by atoms with Gasteiger partial charge in [0.05, 0.1) is 0 Å². The molecule has 15 heavy (non-hydrogen) atoms. The predicted octanol–water partition coefficient (Wildman–Crippen LogP) is -1.54. The Morgan fingerprint density at radius 3 is 1.13 bits per heavy atom. The number of nitrogens with one attached hydrogen (secondary N) is 2. The van der Waals surface area contributed by atoms with Gasteiger partial charge in [-0.2, -0.15) is 0 Å². The molecule has 0 aliphatic rings. The molecule has 0 aromatic carbocycles. The molecule has 8 N–H and O–H groups in total. The Labute approximate surface area is 95.1 Å². The van der Waals surface area contributed by atoms with Gasteiger partial charge in [0.2, 0.25) is 0 Å². The molecule has 0 bridgehead atoms. The third-order valence-electron chi connectivity index (χ3n) is 0.391. The van der Waals surface area contributed by atoms with Crippen LogP contribution in [-0.4, -0.2) is 46.3 Å². The summed E-state index contributed by atoms with van der Waals surface area (Å²) in [5.74, 6) is 9.46. The Morgan fingerprint density at radius 1 is 0.933 bits per heavy atom. The van der Waals surface area contributed by atoms with Gasteiger partial charge >= 0.3 is 29.0 Å². The van der Waals surface area contributed by atoms with E-state index in [0.717, 1.165) is 0 Å². The van der Waals surface area contributed by atoms with Crippen LogP contribution in [0, 0.1) is 0 Å². The van der Waals surface area contributed by atoms with Crippen molar-refractivity contribution in [2.75, 3.05) is 13.2 Å². The van der Waals surface area contributed by atoms with Gasteiger partial charge in [0, 0.05) is 0 Å². The van der Waals surface area contributed by atoms with Crippen molar-refractivity contribution in [3.8, 4) is 0 Å². The summed E-state index contributed by atoms with van der Waals surface area (Å²) < 4.78 is 0. The van der Waals surface area contributed by atoms with Crippen molar-refractivity contribution in [3.63, 3.8) is 0 Å². The van der Waals surface area contributed by atoms with Gasteiger partial charge in [-0.1, -0.05) is 0 Å². The van der Waals surface area contributed by atoms with Crippen LogP contribution in [0.1, 0.15) is 0 Å². The van der Waals surface area contributed by atoms with E-state index in [1.807, 2.05) is 0 Å². The minimum Gasteiger partial charge on any atom is -0.549 e. The first kappa shape index (κ1) is 29.2. The quantitative estimate of drug-likeness (QED) is 0.460. The number of carboxylic acid groups (broad SMARTS) is 2. The maximum Gasteiger partial charge on any atom is 2.00 e. The van der Waals surface area contributed by atoms with E-state index >= 15 is 0 Å².